The van der Waals surface area contributed by atoms with E-state index in [0.29, 0.717) is 0 Å². The van der Waals surface area contributed by atoms with Crippen LogP contribution in [0.4, 0.5) is 30.7 Å². The van der Waals surface area contributed by atoms with Gasteiger partial charge in [-0.25, -0.2) is 0 Å². The Balaban J connectivity index is 4.74. The largest absolute Gasteiger partial charge is 0.466 e. The van der Waals surface area contributed by atoms with Gasteiger partial charge in [0.15, 0.2) is 0 Å². The first-order chi connectivity index (χ1) is 6.14. The summed E-state index contributed by atoms with van der Waals surface area (Å²) in [5, 5.41) is -1.56. The van der Waals surface area contributed by atoms with Crippen LogP contribution in [0.2, 0.25) is 0 Å². The summed E-state index contributed by atoms with van der Waals surface area (Å²) in [5.74, 6) is -4.79. The lowest BCUT2D eigenvalue weighted by molar-refractivity contribution is -0.331. The molecule has 0 N–H and O–H groups in total. The third-order valence-corrected chi connectivity index (χ3v) is 1.66. The van der Waals surface area contributed by atoms with Gasteiger partial charge in [-0.05, 0) is 0 Å². The Bertz CT molecular complexity index is 234. The topological polar surface area (TPSA) is 9.23 Å². The van der Waals surface area contributed by atoms with Crippen LogP contribution in [0.15, 0.2) is 12.1 Å². The van der Waals surface area contributed by atoms with Gasteiger partial charge in [0.05, 0.1) is 5.33 Å². The predicted molar refractivity (Wildman–Crippen MR) is 35.1 cm³/mol. The van der Waals surface area contributed by atoms with E-state index in [2.05, 4.69) is 4.74 Å². The van der Waals surface area contributed by atoms with Crippen molar-refractivity contribution in [1.82, 2.24) is 0 Å². The Hall–Kier alpha value is -0.470. The molecule has 0 spiro atoms. The minimum Gasteiger partial charge on any atom is -0.398 e. The van der Waals surface area contributed by atoms with E-state index >= 15 is 0 Å². The smallest absolute Gasteiger partial charge is 0.398 e. The Kier molecular flexibility index (Phi) is 4.22. The number of ether oxygens (including phenoxy) is 1. The van der Waals surface area contributed by atoms with Crippen LogP contribution in [-0.4, -0.2) is 17.4 Å². The van der Waals surface area contributed by atoms with E-state index in [1.165, 1.54) is 0 Å². The highest BCUT2D eigenvalue weighted by molar-refractivity contribution is 9.09. The minimum atomic E-state index is -5.34. The van der Waals surface area contributed by atoms with Crippen LogP contribution < -0.4 is 0 Å². The molecule has 0 fully saturated rings. The van der Waals surface area contributed by atoms with E-state index in [9.17, 15) is 30.7 Å². The van der Waals surface area contributed by atoms with Crippen LogP contribution in [0.3, 0.4) is 0 Å². The normalized spacial score (nSPS) is 12.6. The zero-order chi connectivity index (χ0) is 11.6. The van der Waals surface area contributed by atoms with Crippen molar-refractivity contribution in [1.29, 1.82) is 0 Å². The van der Waals surface area contributed by atoms with Crippen LogP contribution in [0, 0.1) is 0 Å². The first-order valence-electron chi connectivity index (χ1n) is 2.85. The molecule has 0 saturated carbocycles. The van der Waals surface area contributed by atoms with E-state index in [4.69, 9.17) is 0 Å². The van der Waals surface area contributed by atoms with Gasteiger partial charge >= 0.3 is 24.1 Å². The number of hydrogen-bond donors (Lipinski definition) is 0. The van der Waals surface area contributed by atoms with E-state index in [1.54, 1.807) is 0 Å². The molecule has 0 amide bonds. The highest BCUT2D eigenvalue weighted by Gasteiger charge is 2.59. The van der Waals surface area contributed by atoms with Gasteiger partial charge in [-0.15, -0.1) is 0 Å². The molecule has 9 heteroatoms. The molecule has 0 heterocycles. The van der Waals surface area contributed by atoms with Crippen molar-refractivity contribution in [3.05, 3.63) is 12.1 Å². The summed E-state index contributed by atoms with van der Waals surface area (Å²) in [6.07, 6.45) is -8.58. The second-order valence-electron chi connectivity index (χ2n) is 1.99. The number of rotatable bonds is 4. The summed E-state index contributed by atoms with van der Waals surface area (Å²) >= 11 is 2.00. The van der Waals surface area contributed by atoms with Crippen molar-refractivity contribution in [2.45, 2.75) is 12.0 Å². The number of hydrogen-bond acceptors (Lipinski definition) is 1. The second kappa shape index (κ2) is 4.37. The van der Waals surface area contributed by atoms with Crippen LogP contribution in [0.5, 0.6) is 0 Å². The van der Waals surface area contributed by atoms with Crippen molar-refractivity contribution >= 4 is 15.9 Å². The van der Waals surface area contributed by atoms with Crippen LogP contribution in [0.25, 0.3) is 0 Å². The van der Waals surface area contributed by atoms with Gasteiger partial charge < -0.3 is 4.74 Å². The Morgan fingerprint density at radius 2 is 1.50 bits per heavy atom. The Morgan fingerprint density at radius 3 is 1.79 bits per heavy atom. The van der Waals surface area contributed by atoms with Crippen molar-refractivity contribution in [3.63, 3.8) is 0 Å². The van der Waals surface area contributed by atoms with E-state index < -0.39 is 29.5 Å². The first-order valence-corrected chi connectivity index (χ1v) is 3.97. The van der Waals surface area contributed by atoms with Gasteiger partial charge in [-0.2, -0.15) is 30.7 Å². The van der Waals surface area contributed by atoms with Crippen LogP contribution >= 0.6 is 15.9 Å². The van der Waals surface area contributed by atoms with Gasteiger partial charge in [0.2, 0.25) is 0 Å². The molecule has 0 aliphatic heterocycles. The lowest BCUT2D eigenvalue weighted by atomic mass is 10.4. The fourth-order valence-electron chi connectivity index (χ4n) is 0.304. The maximum absolute atomic E-state index is 12.2. The summed E-state index contributed by atoms with van der Waals surface area (Å²) in [7, 11) is 0. The number of alkyl halides is 5. The Morgan fingerprint density at radius 1 is 1.07 bits per heavy atom. The zero-order valence-corrected chi connectivity index (χ0v) is 7.73. The summed E-state index contributed by atoms with van der Waals surface area (Å²) in [4.78, 5) is 0. The standard InChI is InChI=1S/C5H2BrF7O/c6-1-4(10,11)5(12,13)14-3(9)2(7)8/h1H2. The molecule has 0 bridgehead atoms. The minimum absolute atomic E-state index is 1.56. The van der Waals surface area contributed by atoms with Gasteiger partial charge in [-0.3, -0.25) is 0 Å². The monoisotopic (exact) mass is 290 g/mol. The lowest BCUT2D eigenvalue weighted by Gasteiger charge is -2.23. The highest BCUT2D eigenvalue weighted by atomic mass is 79.9. The Labute approximate surface area is 81.6 Å². The SMILES string of the molecule is FC(F)=C(F)OC(F)(F)C(F)(F)CBr. The van der Waals surface area contributed by atoms with Crippen LogP contribution in [-0.2, 0) is 4.74 Å². The molecule has 0 atom stereocenters. The van der Waals surface area contributed by atoms with E-state index in [0.717, 1.165) is 0 Å². The quantitative estimate of drug-likeness (QED) is 0.436. The zero-order valence-electron chi connectivity index (χ0n) is 6.14. The van der Waals surface area contributed by atoms with Gasteiger partial charge in [-0.1, -0.05) is 15.9 Å². The summed E-state index contributed by atoms with van der Waals surface area (Å²) < 4.78 is 85.6. The lowest BCUT2D eigenvalue weighted by Crippen LogP contribution is -2.43. The molecular formula is C5H2BrF7O. The average Bonchev–Trinajstić information content (AvgIpc) is 2.03. The van der Waals surface area contributed by atoms with Gasteiger partial charge in [0.1, 0.15) is 0 Å². The van der Waals surface area contributed by atoms with Crippen molar-refractivity contribution in [2.75, 3.05) is 5.33 Å². The highest BCUT2D eigenvalue weighted by Crippen LogP contribution is 2.38. The molecule has 0 aromatic carbocycles. The third-order valence-electron chi connectivity index (χ3n) is 0.960. The number of halogens is 8. The summed E-state index contributed by atoms with van der Waals surface area (Å²) in [6.45, 7) is 0. The molecular weight excluding hydrogens is 289 g/mol. The van der Waals surface area contributed by atoms with Crippen molar-refractivity contribution in [2.24, 2.45) is 0 Å². The third kappa shape index (κ3) is 3.03. The van der Waals surface area contributed by atoms with Crippen LogP contribution in [0.1, 0.15) is 0 Å². The van der Waals surface area contributed by atoms with Gasteiger partial charge in [0, 0.05) is 0 Å². The molecule has 0 rings (SSSR count). The molecule has 0 aromatic heterocycles. The maximum atomic E-state index is 12.2. The first kappa shape index (κ1) is 13.5. The second-order valence-corrected chi connectivity index (χ2v) is 2.55. The van der Waals surface area contributed by atoms with Crippen molar-refractivity contribution in [3.8, 4) is 0 Å². The van der Waals surface area contributed by atoms with Gasteiger partial charge in [0.25, 0.3) is 0 Å². The maximum Gasteiger partial charge on any atom is 0.466 e. The molecule has 84 valence electrons. The fraction of sp³-hybridized carbons (Fsp3) is 0.600. The molecule has 0 aliphatic rings. The molecule has 14 heavy (non-hydrogen) atoms. The van der Waals surface area contributed by atoms with E-state index in [1.807, 2.05) is 15.9 Å². The summed E-state index contributed by atoms with van der Waals surface area (Å²) in [5.41, 5.74) is 0. The van der Waals surface area contributed by atoms with Crippen molar-refractivity contribution < 1.29 is 35.5 Å². The molecule has 0 unspecified atom stereocenters. The fourth-order valence-corrected chi connectivity index (χ4v) is 0.630. The van der Waals surface area contributed by atoms with E-state index in [-0.39, 0.29) is 0 Å². The predicted octanol–water partition coefficient (Wildman–Crippen LogP) is 3.66. The summed E-state index contributed by atoms with van der Waals surface area (Å²) in [6, 6.07) is -3.03. The molecule has 0 aliphatic carbocycles. The molecule has 0 aromatic rings. The molecule has 0 saturated heterocycles. The molecule has 1 nitrogen and oxygen atoms in total. The molecule has 0 radical (unpaired) electrons. The average molecular weight is 291 g/mol.